The molecular weight excluding hydrogens is 266 g/mol. The molecule has 0 bridgehead atoms. The third kappa shape index (κ3) is 4.80. The van der Waals surface area contributed by atoms with Crippen LogP contribution in [-0.4, -0.2) is 24.5 Å². The first-order valence-electron chi connectivity index (χ1n) is 6.78. The van der Waals surface area contributed by atoms with Gasteiger partial charge in [-0.05, 0) is 36.2 Å². The van der Waals surface area contributed by atoms with E-state index in [0.717, 1.165) is 24.5 Å². The third-order valence-corrected chi connectivity index (χ3v) is 2.96. The Morgan fingerprint density at radius 2 is 1.95 bits per heavy atom. The summed E-state index contributed by atoms with van der Waals surface area (Å²) in [6, 6.07) is 11.7. The van der Waals surface area contributed by atoms with Gasteiger partial charge in [-0.2, -0.15) is 0 Å². The number of ether oxygens (including phenoxy) is 1. The first-order chi connectivity index (χ1) is 10.2. The van der Waals surface area contributed by atoms with E-state index in [-0.39, 0.29) is 5.91 Å². The van der Waals surface area contributed by atoms with Crippen molar-refractivity contribution in [3.8, 4) is 5.75 Å². The highest BCUT2D eigenvalue weighted by atomic mass is 16.5. The number of carbonyl (C=O) groups excluding carboxylic acids is 1. The number of carbonyl (C=O) groups is 1. The van der Waals surface area contributed by atoms with Gasteiger partial charge >= 0.3 is 0 Å². The SMILES string of the molecule is COc1ccc(CCNc2ccc(NC(C)=O)cn2)cc1. The van der Waals surface area contributed by atoms with Crippen LogP contribution in [0.1, 0.15) is 12.5 Å². The second-order valence-corrected chi connectivity index (χ2v) is 4.64. The maximum atomic E-state index is 10.9. The van der Waals surface area contributed by atoms with Crippen molar-refractivity contribution < 1.29 is 9.53 Å². The minimum atomic E-state index is -0.1000. The molecule has 110 valence electrons. The summed E-state index contributed by atoms with van der Waals surface area (Å²) < 4.78 is 5.13. The number of nitrogens with one attached hydrogen (secondary N) is 2. The molecule has 21 heavy (non-hydrogen) atoms. The van der Waals surface area contributed by atoms with Crippen LogP contribution in [0.25, 0.3) is 0 Å². The highest BCUT2D eigenvalue weighted by Crippen LogP contribution is 2.12. The Bertz CT molecular complexity index is 579. The van der Waals surface area contributed by atoms with Crippen molar-refractivity contribution in [3.63, 3.8) is 0 Å². The summed E-state index contributed by atoms with van der Waals surface area (Å²) in [4.78, 5) is 15.2. The van der Waals surface area contributed by atoms with E-state index in [9.17, 15) is 4.79 Å². The number of nitrogens with zero attached hydrogens (tertiary/aromatic N) is 1. The van der Waals surface area contributed by atoms with E-state index in [1.807, 2.05) is 36.4 Å². The van der Waals surface area contributed by atoms with Crippen LogP contribution in [0, 0.1) is 0 Å². The van der Waals surface area contributed by atoms with Crippen molar-refractivity contribution in [1.29, 1.82) is 0 Å². The van der Waals surface area contributed by atoms with Gasteiger partial charge in [-0.1, -0.05) is 12.1 Å². The number of benzene rings is 1. The van der Waals surface area contributed by atoms with Gasteiger partial charge in [0.05, 0.1) is 19.0 Å². The maximum absolute atomic E-state index is 10.9. The van der Waals surface area contributed by atoms with Crippen LogP contribution in [0.3, 0.4) is 0 Å². The Morgan fingerprint density at radius 3 is 2.52 bits per heavy atom. The van der Waals surface area contributed by atoms with Crippen molar-refractivity contribution in [2.24, 2.45) is 0 Å². The monoisotopic (exact) mass is 285 g/mol. The summed E-state index contributed by atoms with van der Waals surface area (Å²) in [5, 5.41) is 5.93. The normalized spacial score (nSPS) is 10.0. The molecular formula is C16H19N3O2. The largest absolute Gasteiger partial charge is 0.497 e. The number of hydrogen-bond acceptors (Lipinski definition) is 4. The van der Waals surface area contributed by atoms with Crippen molar-refractivity contribution in [3.05, 3.63) is 48.2 Å². The van der Waals surface area contributed by atoms with E-state index in [2.05, 4.69) is 15.6 Å². The van der Waals surface area contributed by atoms with Crippen LogP contribution in [0.4, 0.5) is 11.5 Å². The summed E-state index contributed by atoms with van der Waals surface area (Å²) >= 11 is 0. The molecule has 2 rings (SSSR count). The average Bonchev–Trinajstić information content (AvgIpc) is 2.49. The van der Waals surface area contributed by atoms with Gasteiger partial charge in [0.1, 0.15) is 11.6 Å². The molecule has 1 heterocycles. The van der Waals surface area contributed by atoms with E-state index in [0.29, 0.717) is 5.69 Å². The first-order valence-corrected chi connectivity index (χ1v) is 6.78. The molecule has 0 fully saturated rings. The Kier molecular flexibility index (Phi) is 5.15. The van der Waals surface area contributed by atoms with Crippen LogP contribution in [-0.2, 0) is 11.2 Å². The predicted molar refractivity (Wildman–Crippen MR) is 83.7 cm³/mol. The number of hydrogen-bond donors (Lipinski definition) is 2. The second kappa shape index (κ2) is 7.28. The first kappa shape index (κ1) is 14.8. The lowest BCUT2D eigenvalue weighted by atomic mass is 10.1. The number of methoxy groups -OCH3 is 1. The zero-order chi connectivity index (χ0) is 15.1. The third-order valence-electron chi connectivity index (χ3n) is 2.96. The lowest BCUT2D eigenvalue weighted by Crippen LogP contribution is -2.08. The Morgan fingerprint density at radius 1 is 1.19 bits per heavy atom. The molecule has 1 aromatic heterocycles. The predicted octanol–water partition coefficient (Wildman–Crippen LogP) is 2.70. The molecule has 0 unspecified atom stereocenters. The van der Waals surface area contributed by atoms with E-state index in [1.165, 1.54) is 12.5 Å². The molecule has 1 amide bonds. The van der Waals surface area contributed by atoms with Crippen LogP contribution >= 0.6 is 0 Å². The molecule has 0 aliphatic heterocycles. The lowest BCUT2D eigenvalue weighted by Gasteiger charge is -2.07. The van der Waals surface area contributed by atoms with Gasteiger partial charge < -0.3 is 15.4 Å². The van der Waals surface area contributed by atoms with Crippen molar-refractivity contribution in [1.82, 2.24) is 4.98 Å². The van der Waals surface area contributed by atoms with E-state index >= 15 is 0 Å². The average molecular weight is 285 g/mol. The molecule has 0 saturated carbocycles. The molecule has 2 aromatic rings. The maximum Gasteiger partial charge on any atom is 0.221 e. The number of amides is 1. The fourth-order valence-corrected chi connectivity index (χ4v) is 1.90. The molecule has 0 saturated heterocycles. The van der Waals surface area contributed by atoms with Crippen molar-refractivity contribution in [2.45, 2.75) is 13.3 Å². The fourth-order valence-electron chi connectivity index (χ4n) is 1.90. The van der Waals surface area contributed by atoms with Crippen LogP contribution < -0.4 is 15.4 Å². The van der Waals surface area contributed by atoms with E-state index < -0.39 is 0 Å². The minimum absolute atomic E-state index is 0.1000. The van der Waals surface area contributed by atoms with Gasteiger partial charge in [0.25, 0.3) is 0 Å². The molecule has 5 heteroatoms. The number of pyridine rings is 1. The Balaban J connectivity index is 1.81. The highest BCUT2D eigenvalue weighted by molar-refractivity contribution is 5.88. The van der Waals surface area contributed by atoms with E-state index in [1.54, 1.807) is 13.3 Å². The molecule has 2 N–H and O–H groups in total. The Hall–Kier alpha value is -2.56. The Labute approximate surface area is 124 Å². The lowest BCUT2D eigenvalue weighted by molar-refractivity contribution is -0.114. The van der Waals surface area contributed by atoms with Crippen LogP contribution in [0.2, 0.25) is 0 Å². The zero-order valence-corrected chi connectivity index (χ0v) is 12.2. The molecule has 0 aliphatic carbocycles. The van der Waals surface area contributed by atoms with Gasteiger partial charge in [-0.15, -0.1) is 0 Å². The summed E-state index contributed by atoms with van der Waals surface area (Å²) in [6.45, 7) is 2.26. The molecule has 1 aromatic carbocycles. The van der Waals surface area contributed by atoms with Crippen molar-refractivity contribution in [2.75, 3.05) is 24.3 Å². The van der Waals surface area contributed by atoms with Gasteiger partial charge in [0.2, 0.25) is 5.91 Å². The standard InChI is InChI=1S/C16H19N3O2/c1-12(20)19-14-5-8-16(18-11-14)17-10-9-13-3-6-15(21-2)7-4-13/h3-8,11H,9-10H2,1-2H3,(H,17,18)(H,19,20). The summed E-state index contributed by atoms with van der Waals surface area (Å²) in [5.41, 5.74) is 1.93. The molecule has 0 radical (unpaired) electrons. The van der Waals surface area contributed by atoms with Crippen LogP contribution in [0.5, 0.6) is 5.75 Å². The van der Waals surface area contributed by atoms with Gasteiger partial charge in [-0.3, -0.25) is 4.79 Å². The van der Waals surface area contributed by atoms with Gasteiger partial charge in [0, 0.05) is 13.5 Å². The summed E-state index contributed by atoms with van der Waals surface area (Å²) in [5.74, 6) is 1.55. The second-order valence-electron chi connectivity index (χ2n) is 4.64. The number of aromatic nitrogens is 1. The molecule has 0 aliphatic rings. The summed E-state index contributed by atoms with van der Waals surface area (Å²) in [6.07, 6.45) is 2.54. The van der Waals surface area contributed by atoms with Crippen LogP contribution in [0.15, 0.2) is 42.6 Å². The highest BCUT2D eigenvalue weighted by Gasteiger charge is 1.98. The number of anilines is 2. The molecule has 0 atom stereocenters. The zero-order valence-electron chi connectivity index (χ0n) is 12.2. The van der Waals surface area contributed by atoms with Gasteiger partial charge in [0.15, 0.2) is 0 Å². The fraction of sp³-hybridized carbons (Fsp3) is 0.250. The number of rotatable bonds is 6. The molecule has 0 spiro atoms. The van der Waals surface area contributed by atoms with Gasteiger partial charge in [-0.25, -0.2) is 4.98 Å². The molecule has 5 nitrogen and oxygen atoms in total. The topological polar surface area (TPSA) is 63.2 Å². The summed E-state index contributed by atoms with van der Waals surface area (Å²) in [7, 11) is 1.66. The quantitative estimate of drug-likeness (QED) is 0.856. The van der Waals surface area contributed by atoms with E-state index in [4.69, 9.17) is 4.74 Å². The minimum Gasteiger partial charge on any atom is -0.497 e. The smallest absolute Gasteiger partial charge is 0.221 e. The van der Waals surface area contributed by atoms with Crippen molar-refractivity contribution >= 4 is 17.4 Å².